The number of nitrogens with zero attached hydrogens (tertiary/aromatic N) is 1. The van der Waals surface area contributed by atoms with E-state index in [0.717, 1.165) is 12.1 Å². The Hall–Kier alpha value is -2.14. The predicted molar refractivity (Wildman–Crippen MR) is 97.7 cm³/mol. The molecule has 3 aliphatic heterocycles. The first-order chi connectivity index (χ1) is 12.4. The van der Waals surface area contributed by atoms with Crippen LogP contribution in [0.15, 0.2) is 36.4 Å². The van der Waals surface area contributed by atoms with E-state index in [9.17, 15) is 9.59 Å². The number of esters is 1. The number of fused-ring (bicyclic) bond motifs is 1. The lowest BCUT2D eigenvalue weighted by Crippen LogP contribution is -2.40. The molecule has 2 fully saturated rings. The second-order valence-electron chi connectivity index (χ2n) is 7.87. The Morgan fingerprint density at radius 3 is 2.73 bits per heavy atom. The van der Waals surface area contributed by atoms with Crippen LogP contribution in [0.25, 0.3) is 0 Å². The zero-order chi connectivity index (χ0) is 18.5. The summed E-state index contributed by atoms with van der Waals surface area (Å²) in [6, 6.07) is 8.02. The average Bonchev–Trinajstić information content (AvgIpc) is 3.28. The molecule has 5 nitrogen and oxygen atoms in total. The fourth-order valence-electron chi connectivity index (χ4n) is 4.24. The minimum atomic E-state index is -0.702. The second-order valence-corrected chi connectivity index (χ2v) is 7.87. The fraction of sp³-hybridized carbons (Fsp3) is 0.524. The van der Waals surface area contributed by atoms with Crippen molar-refractivity contribution in [1.29, 1.82) is 0 Å². The van der Waals surface area contributed by atoms with E-state index in [1.54, 1.807) is 4.90 Å². The van der Waals surface area contributed by atoms with Crippen LogP contribution in [0, 0.1) is 17.8 Å². The predicted octanol–water partition coefficient (Wildman–Crippen LogP) is 2.73. The third kappa shape index (κ3) is 2.57. The molecule has 0 unspecified atom stereocenters. The molecule has 2 saturated heterocycles. The number of aryl methyl sites for hydroxylation is 1. The Balaban J connectivity index is 1.59. The summed E-state index contributed by atoms with van der Waals surface area (Å²) in [4.78, 5) is 27.6. The molecule has 4 rings (SSSR count). The highest BCUT2D eigenvalue weighted by Gasteiger charge is 2.67. The molecule has 0 N–H and O–H groups in total. The molecule has 0 saturated carbocycles. The Kier molecular flexibility index (Phi) is 4.14. The normalized spacial score (nSPS) is 31.8. The summed E-state index contributed by atoms with van der Waals surface area (Å²) < 4.78 is 11.6. The maximum Gasteiger partial charge on any atom is 0.312 e. The molecule has 4 atom stereocenters. The van der Waals surface area contributed by atoms with Gasteiger partial charge in [0.1, 0.15) is 11.5 Å². The maximum absolute atomic E-state index is 13.2. The van der Waals surface area contributed by atoms with Crippen LogP contribution in [-0.2, 0) is 25.5 Å². The number of benzene rings is 1. The van der Waals surface area contributed by atoms with Crippen molar-refractivity contribution in [3.8, 4) is 0 Å². The van der Waals surface area contributed by atoms with Crippen molar-refractivity contribution in [2.24, 2.45) is 17.8 Å². The van der Waals surface area contributed by atoms with Crippen LogP contribution in [0.3, 0.4) is 0 Å². The smallest absolute Gasteiger partial charge is 0.312 e. The summed E-state index contributed by atoms with van der Waals surface area (Å²) in [6.07, 6.45) is 4.48. The van der Waals surface area contributed by atoms with Crippen LogP contribution in [0.5, 0.6) is 0 Å². The highest BCUT2D eigenvalue weighted by Crippen LogP contribution is 2.52. The van der Waals surface area contributed by atoms with Crippen molar-refractivity contribution >= 4 is 17.6 Å². The molecule has 26 heavy (non-hydrogen) atoms. The number of ether oxygens (including phenoxy) is 2. The maximum atomic E-state index is 13.2. The Bertz CT molecular complexity index is 754. The van der Waals surface area contributed by atoms with Gasteiger partial charge in [-0.05, 0) is 30.0 Å². The number of carbonyl (C=O) groups excluding carboxylic acids is 2. The van der Waals surface area contributed by atoms with Crippen LogP contribution in [0.2, 0.25) is 0 Å². The molecule has 0 aromatic heterocycles. The number of anilines is 1. The monoisotopic (exact) mass is 355 g/mol. The summed E-state index contributed by atoms with van der Waals surface area (Å²) in [6.45, 7) is 6.90. The van der Waals surface area contributed by atoms with E-state index in [0.29, 0.717) is 13.2 Å². The van der Waals surface area contributed by atoms with E-state index < -0.39 is 17.4 Å². The Morgan fingerprint density at radius 2 is 2.08 bits per heavy atom. The van der Waals surface area contributed by atoms with Crippen molar-refractivity contribution in [1.82, 2.24) is 0 Å². The van der Waals surface area contributed by atoms with Crippen LogP contribution in [0.1, 0.15) is 26.3 Å². The molecular weight excluding hydrogens is 330 g/mol. The zero-order valence-corrected chi connectivity index (χ0v) is 15.5. The first-order valence-electron chi connectivity index (χ1n) is 9.39. The van der Waals surface area contributed by atoms with Gasteiger partial charge in [-0.2, -0.15) is 0 Å². The van der Waals surface area contributed by atoms with Gasteiger partial charge in [0.15, 0.2) is 0 Å². The first kappa shape index (κ1) is 17.3. The SMILES string of the molecule is CCc1ccc(N2C[C@]34C=C[C@H](O3)[C@H](C(=O)OCC(C)C)[C@@H]4C2=O)cc1. The molecule has 3 aliphatic rings. The minimum absolute atomic E-state index is 0.0485. The molecular formula is C21H25NO4. The van der Waals surface area contributed by atoms with Gasteiger partial charge in [0.05, 0.1) is 25.2 Å². The van der Waals surface area contributed by atoms with Gasteiger partial charge in [-0.25, -0.2) is 0 Å². The number of rotatable bonds is 5. The largest absolute Gasteiger partial charge is 0.465 e. The molecule has 0 aliphatic carbocycles. The van der Waals surface area contributed by atoms with E-state index in [4.69, 9.17) is 9.47 Å². The van der Waals surface area contributed by atoms with E-state index >= 15 is 0 Å². The zero-order valence-electron chi connectivity index (χ0n) is 15.5. The molecule has 1 spiro atoms. The average molecular weight is 355 g/mol. The molecule has 2 bridgehead atoms. The van der Waals surface area contributed by atoms with Crippen LogP contribution < -0.4 is 4.90 Å². The molecule has 0 radical (unpaired) electrons. The van der Waals surface area contributed by atoms with Gasteiger partial charge in [0.25, 0.3) is 0 Å². The minimum Gasteiger partial charge on any atom is -0.465 e. The molecule has 1 aromatic carbocycles. The third-order valence-corrected chi connectivity index (χ3v) is 5.59. The topological polar surface area (TPSA) is 55.8 Å². The summed E-state index contributed by atoms with van der Waals surface area (Å²) in [5.41, 5.74) is 1.38. The summed E-state index contributed by atoms with van der Waals surface area (Å²) in [7, 11) is 0. The standard InChI is InChI=1S/C21H25NO4/c1-4-14-5-7-15(8-6-14)22-12-21-10-9-16(26-21)17(18(21)19(22)23)20(24)25-11-13(2)3/h5-10,13,16-18H,4,11-12H2,1-3H3/t16-,17-,18+,21-/m0/s1. The highest BCUT2D eigenvalue weighted by molar-refractivity contribution is 6.02. The number of carbonyl (C=O) groups is 2. The molecule has 5 heteroatoms. The first-order valence-corrected chi connectivity index (χ1v) is 9.39. The van der Waals surface area contributed by atoms with Gasteiger partial charge in [-0.3, -0.25) is 9.59 Å². The second kappa shape index (κ2) is 6.23. The highest BCUT2D eigenvalue weighted by atomic mass is 16.6. The number of hydrogen-bond acceptors (Lipinski definition) is 4. The Labute approximate surface area is 154 Å². The van der Waals surface area contributed by atoms with E-state index in [2.05, 4.69) is 6.92 Å². The van der Waals surface area contributed by atoms with Gasteiger partial charge < -0.3 is 14.4 Å². The quantitative estimate of drug-likeness (QED) is 0.602. The van der Waals surface area contributed by atoms with E-state index in [1.807, 2.05) is 50.3 Å². The van der Waals surface area contributed by atoms with Crippen molar-refractivity contribution < 1.29 is 19.1 Å². The lowest BCUT2D eigenvalue weighted by molar-refractivity contribution is -0.153. The molecule has 138 valence electrons. The van der Waals surface area contributed by atoms with Crippen molar-refractivity contribution in [2.45, 2.75) is 38.9 Å². The van der Waals surface area contributed by atoms with Crippen LogP contribution in [-0.4, -0.2) is 36.7 Å². The van der Waals surface area contributed by atoms with Crippen molar-refractivity contribution in [2.75, 3.05) is 18.1 Å². The van der Waals surface area contributed by atoms with Gasteiger partial charge in [-0.1, -0.05) is 45.1 Å². The number of amides is 1. The van der Waals surface area contributed by atoms with Gasteiger partial charge >= 0.3 is 5.97 Å². The molecule has 3 heterocycles. The van der Waals surface area contributed by atoms with Crippen molar-refractivity contribution in [3.05, 3.63) is 42.0 Å². The van der Waals surface area contributed by atoms with Gasteiger partial charge in [0, 0.05) is 5.69 Å². The van der Waals surface area contributed by atoms with Gasteiger partial charge in [-0.15, -0.1) is 0 Å². The third-order valence-electron chi connectivity index (χ3n) is 5.59. The lowest BCUT2D eigenvalue weighted by atomic mass is 9.77. The van der Waals surface area contributed by atoms with Crippen LogP contribution >= 0.6 is 0 Å². The summed E-state index contributed by atoms with van der Waals surface area (Å²) in [5.74, 6) is -1.16. The van der Waals surface area contributed by atoms with Gasteiger partial charge in [0.2, 0.25) is 5.91 Å². The summed E-state index contributed by atoms with van der Waals surface area (Å²) in [5, 5.41) is 0. The molecule has 1 amide bonds. The lowest BCUT2D eigenvalue weighted by Gasteiger charge is -2.23. The molecule has 1 aromatic rings. The van der Waals surface area contributed by atoms with E-state index in [1.165, 1.54) is 5.56 Å². The Morgan fingerprint density at radius 1 is 1.35 bits per heavy atom. The van der Waals surface area contributed by atoms with Crippen molar-refractivity contribution in [3.63, 3.8) is 0 Å². The fourth-order valence-corrected chi connectivity index (χ4v) is 4.24. The number of hydrogen-bond donors (Lipinski definition) is 0. The summed E-state index contributed by atoms with van der Waals surface area (Å²) >= 11 is 0. The van der Waals surface area contributed by atoms with Crippen LogP contribution in [0.4, 0.5) is 5.69 Å². The van der Waals surface area contributed by atoms with E-state index in [-0.39, 0.29) is 23.9 Å².